The first-order valence-corrected chi connectivity index (χ1v) is 9.20. The SMILES string of the molecule is Cc1nc(N)ccc1CNC(=O)Cn1c(C)cnc(NCCc2cnc[nH]2)c1=O. The maximum absolute atomic E-state index is 12.7. The molecule has 3 aromatic rings. The Kier molecular flexibility index (Phi) is 6.22. The van der Waals surface area contributed by atoms with Crippen molar-refractivity contribution in [3.8, 4) is 0 Å². The number of anilines is 2. The Balaban J connectivity index is 1.61. The molecule has 3 heterocycles. The van der Waals surface area contributed by atoms with E-state index >= 15 is 0 Å². The van der Waals surface area contributed by atoms with Crippen LogP contribution in [0, 0.1) is 13.8 Å². The van der Waals surface area contributed by atoms with Gasteiger partial charge in [-0.1, -0.05) is 6.07 Å². The molecule has 0 radical (unpaired) electrons. The average molecular weight is 396 g/mol. The second kappa shape index (κ2) is 9.00. The Hall–Kier alpha value is -3.69. The molecule has 0 spiro atoms. The van der Waals surface area contributed by atoms with Gasteiger partial charge in [0.25, 0.3) is 5.56 Å². The fourth-order valence-electron chi connectivity index (χ4n) is 2.82. The predicted molar refractivity (Wildman–Crippen MR) is 109 cm³/mol. The van der Waals surface area contributed by atoms with Crippen LogP contribution in [0.15, 0.2) is 35.6 Å². The van der Waals surface area contributed by atoms with Crippen LogP contribution >= 0.6 is 0 Å². The van der Waals surface area contributed by atoms with Crippen LogP contribution in [0.4, 0.5) is 11.6 Å². The molecule has 1 amide bonds. The molecule has 5 N–H and O–H groups in total. The van der Waals surface area contributed by atoms with Crippen molar-refractivity contribution in [2.24, 2.45) is 0 Å². The van der Waals surface area contributed by atoms with E-state index in [1.54, 1.807) is 31.7 Å². The molecule has 0 saturated heterocycles. The highest BCUT2D eigenvalue weighted by molar-refractivity contribution is 5.75. The van der Waals surface area contributed by atoms with Gasteiger partial charge in [0.2, 0.25) is 5.91 Å². The number of rotatable bonds is 8. The molecule has 10 heteroatoms. The number of amides is 1. The van der Waals surface area contributed by atoms with Crippen molar-refractivity contribution in [1.82, 2.24) is 29.8 Å². The summed E-state index contributed by atoms with van der Waals surface area (Å²) in [5.41, 5.74) is 8.49. The Morgan fingerprint density at radius 1 is 1.28 bits per heavy atom. The predicted octanol–water partition coefficient (Wildman–Crippen LogP) is 0.531. The highest BCUT2D eigenvalue weighted by atomic mass is 16.2. The van der Waals surface area contributed by atoms with Crippen molar-refractivity contribution in [2.75, 3.05) is 17.6 Å². The number of pyridine rings is 1. The number of aromatic nitrogens is 5. The first-order chi connectivity index (χ1) is 13.9. The maximum Gasteiger partial charge on any atom is 0.293 e. The van der Waals surface area contributed by atoms with Crippen molar-refractivity contribution >= 4 is 17.5 Å². The van der Waals surface area contributed by atoms with Gasteiger partial charge in [-0.05, 0) is 25.5 Å². The third-order valence-corrected chi connectivity index (χ3v) is 4.49. The lowest BCUT2D eigenvalue weighted by Gasteiger charge is -2.13. The van der Waals surface area contributed by atoms with E-state index in [0.717, 1.165) is 17.0 Å². The Labute approximate surface area is 167 Å². The lowest BCUT2D eigenvalue weighted by Crippen LogP contribution is -2.34. The third-order valence-electron chi connectivity index (χ3n) is 4.49. The smallest absolute Gasteiger partial charge is 0.293 e. The number of carbonyl (C=O) groups excluding carboxylic acids is 1. The van der Waals surface area contributed by atoms with Gasteiger partial charge >= 0.3 is 0 Å². The summed E-state index contributed by atoms with van der Waals surface area (Å²) in [5.74, 6) is 0.367. The van der Waals surface area contributed by atoms with Gasteiger partial charge in [-0.3, -0.25) is 14.2 Å². The van der Waals surface area contributed by atoms with E-state index in [2.05, 4.69) is 30.6 Å². The zero-order valence-corrected chi connectivity index (χ0v) is 16.4. The summed E-state index contributed by atoms with van der Waals surface area (Å²) >= 11 is 0. The summed E-state index contributed by atoms with van der Waals surface area (Å²) in [5, 5.41) is 5.83. The van der Waals surface area contributed by atoms with E-state index < -0.39 is 0 Å². The van der Waals surface area contributed by atoms with Gasteiger partial charge in [-0.25, -0.2) is 15.0 Å². The highest BCUT2D eigenvalue weighted by Gasteiger charge is 2.12. The molecule has 0 aliphatic heterocycles. The van der Waals surface area contributed by atoms with Crippen molar-refractivity contribution in [1.29, 1.82) is 0 Å². The number of nitrogen functional groups attached to an aromatic ring is 1. The van der Waals surface area contributed by atoms with Crippen molar-refractivity contribution in [3.05, 3.63) is 63.9 Å². The van der Waals surface area contributed by atoms with Crippen LogP contribution in [-0.2, 0) is 24.3 Å². The summed E-state index contributed by atoms with van der Waals surface area (Å²) in [6.07, 6.45) is 5.57. The van der Waals surface area contributed by atoms with Gasteiger partial charge in [-0.15, -0.1) is 0 Å². The van der Waals surface area contributed by atoms with E-state index in [0.29, 0.717) is 31.0 Å². The monoisotopic (exact) mass is 396 g/mol. The summed E-state index contributed by atoms with van der Waals surface area (Å²) < 4.78 is 1.40. The molecule has 3 rings (SSSR count). The summed E-state index contributed by atoms with van der Waals surface area (Å²) in [4.78, 5) is 40.4. The molecular weight excluding hydrogens is 372 g/mol. The molecule has 3 aromatic heterocycles. The topological polar surface area (TPSA) is 144 Å². The first kappa shape index (κ1) is 20.1. The van der Waals surface area contributed by atoms with Crippen molar-refractivity contribution in [2.45, 2.75) is 33.4 Å². The minimum Gasteiger partial charge on any atom is -0.384 e. The summed E-state index contributed by atoms with van der Waals surface area (Å²) in [6.45, 7) is 4.31. The summed E-state index contributed by atoms with van der Waals surface area (Å²) in [6, 6.07) is 3.51. The average Bonchev–Trinajstić information content (AvgIpc) is 3.20. The third kappa shape index (κ3) is 5.18. The number of aromatic amines is 1. The molecule has 0 fully saturated rings. The minimum atomic E-state index is -0.338. The fourth-order valence-corrected chi connectivity index (χ4v) is 2.82. The van der Waals surface area contributed by atoms with Crippen LogP contribution in [0.1, 0.15) is 22.6 Å². The van der Waals surface area contributed by atoms with E-state index in [-0.39, 0.29) is 23.8 Å². The van der Waals surface area contributed by atoms with Crippen LogP contribution in [0.2, 0.25) is 0 Å². The van der Waals surface area contributed by atoms with E-state index in [9.17, 15) is 9.59 Å². The number of nitrogens with zero attached hydrogens (tertiary/aromatic N) is 4. The number of nitrogens with two attached hydrogens (primary N) is 1. The van der Waals surface area contributed by atoms with Crippen LogP contribution in [0.3, 0.4) is 0 Å². The van der Waals surface area contributed by atoms with Crippen LogP contribution in [0.5, 0.6) is 0 Å². The molecule has 0 atom stereocenters. The van der Waals surface area contributed by atoms with Gasteiger partial charge in [0.05, 0.1) is 6.33 Å². The van der Waals surface area contributed by atoms with Gasteiger partial charge in [-0.2, -0.15) is 0 Å². The molecule has 0 bridgehead atoms. The van der Waals surface area contributed by atoms with E-state index in [1.165, 1.54) is 4.57 Å². The van der Waals surface area contributed by atoms with Gasteiger partial charge < -0.3 is 21.4 Å². The molecule has 152 valence electrons. The number of hydrogen-bond donors (Lipinski definition) is 4. The molecule has 0 aromatic carbocycles. The van der Waals surface area contributed by atoms with Crippen LogP contribution in [0.25, 0.3) is 0 Å². The lowest BCUT2D eigenvalue weighted by molar-refractivity contribution is -0.121. The molecule has 0 aliphatic rings. The van der Waals surface area contributed by atoms with Gasteiger partial charge in [0, 0.05) is 49.0 Å². The zero-order valence-electron chi connectivity index (χ0n) is 16.4. The van der Waals surface area contributed by atoms with Crippen molar-refractivity contribution < 1.29 is 4.79 Å². The van der Waals surface area contributed by atoms with Gasteiger partial charge in [0.15, 0.2) is 5.82 Å². The van der Waals surface area contributed by atoms with E-state index in [1.807, 2.05) is 13.0 Å². The largest absolute Gasteiger partial charge is 0.384 e. The van der Waals surface area contributed by atoms with Crippen LogP contribution < -0.4 is 21.9 Å². The van der Waals surface area contributed by atoms with Crippen molar-refractivity contribution in [3.63, 3.8) is 0 Å². The van der Waals surface area contributed by atoms with E-state index in [4.69, 9.17) is 5.73 Å². The lowest BCUT2D eigenvalue weighted by atomic mass is 10.2. The number of nitrogens with one attached hydrogen (secondary N) is 3. The number of carbonyl (C=O) groups is 1. The number of hydrogen-bond acceptors (Lipinski definition) is 7. The molecular formula is C19H24N8O2. The van der Waals surface area contributed by atoms with Crippen LogP contribution in [-0.4, -0.2) is 37.0 Å². The Morgan fingerprint density at radius 2 is 2.10 bits per heavy atom. The quantitative estimate of drug-likeness (QED) is 0.435. The summed E-state index contributed by atoms with van der Waals surface area (Å²) in [7, 11) is 0. The molecule has 0 saturated carbocycles. The molecule has 0 unspecified atom stereocenters. The zero-order chi connectivity index (χ0) is 20.8. The number of H-pyrrole nitrogens is 1. The minimum absolute atomic E-state index is 0.0934. The second-order valence-corrected chi connectivity index (χ2v) is 6.65. The standard InChI is InChI=1S/C19H24N8O2/c1-12-7-24-18(22-6-5-15-9-21-11-25-15)19(29)27(12)10-17(28)23-8-14-3-4-16(20)26-13(14)2/h3-4,7,9,11H,5-6,8,10H2,1-2H3,(H2,20,26)(H,21,25)(H,22,24)(H,23,28). The fraction of sp³-hybridized carbons (Fsp3) is 0.316. The number of aryl methyl sites for hydroxylation is 2. The molecule has 0 aliphatic carbocycles. The Morgan fingerprint density at radius 3 is 2.83 bits per heavy atom. The molecule has 10 nitrogen and oxygen atoms in total. The maximum atomic E-state index is 12.7. The van der Waals surface area contributed by atoms with Gasteiger partial charge in [0.1, 0.15) is 12.4 Å². The number of imidazole rings is 1. The Bertz CT molecular complexity index is 1040. The highest BCUT2D eigenvalue weighted by Crippen LogP contribution is 2.07. The normalized spacial score (nSPS) is 10.7. The molecule has 29 heavy (non-hydrogen) atoms. The second-order valence-electron chi connectivity index (χ2n) is 6.65. The first-order valence-electron chi connectivity index (χ1n) is 9.20.